The number of nitrogens with zero attached hydrogens (tertiary/aromatic N) is 2. The van der Waals surface area contributed by atoms with Gasteiger partial charge in [0.05, 0.1) is 22.9 Å². The van der Waals surface area contributed by atoms with E-state index in [4.69, 9.17) is 4.74 Å². The van der Waals surface area contributed by atoms with E-state index in [2.05, 4.69) is 29.0 Å². The first-order valence-corrected chi connectivity index (χ1v) is 8.18. The molecule has 1 aromatic rings. The Morgan fingerprint density at radius 3 is 2.95 bits per heavy atom. The molecule has 2 heterocycles. The fraction of sp³-hybridized carbons (Fsp3) is 0.600. The summed E-state index contributed by atoms with van der Waals surface area (Å²) < 4.78 is 5.49. The number of methoxy groups -OCH3 is 1. The summed E-state index contributed by atoms with van der Waals surface area (Å²) >= 11 is 1.45. The lowest BCUT2D eigenvalue weighted by molar-refractivity contribution is -0.119. The van der Waals surface area contributed by atoms with Gasteiger partial charge in [0.25, 0.3) is 0 Å². The molecule has 5 nitrogen and oxygen atoms in total. The van der Waals surface area contributed by atoms with Gasteiger partial charge in [0, 0.05) is 32.4 Å². The van der Waals surface area contributed by atoms with E-state index in [1.54, 1.807) is 13.3 Å². The highest BCUT2D eigenvalue weighted by molar-refractivity contribution is 7.99. The SMILES string of the molecule is CO[C@H]1CN(C(C)C)C[C@@H]1NC(=O)CSc1ccccn1. The predicted octanol–water partition coefficient (Wildman–Crippen LogP) is 1.40. The first-order valence-electron chi connectivity index (χ1n) is 7.20. The number of likely N-dealkylation sites (tertiary alicyclic amines) is 1. The van der Waals surface area contributed by atoms with Crippen LogP contribution in [0.25, 0.3) is 0 Å². The first-order chi connectivity index (χ1) is 10.1. The second-order valence-electron chi connectivity index (χ2n) is 5.45. The number of aromatic nitrogens is 1. The molecule has 0 radical (unpaired) electrons. The summed E-state index contributed by atoms with van der Waals surface area (Å²) in [6, 6.07) is 6.23. The van der Waals surface area contributed by atoms with Gasteiger partial charge in [0.15, 0.2) is 0 Å². The molecule has 1 aromatic heterocycles. The number of amides is 1. The lowest BCUT2D eigenvalue weighted by Crippen LogP contribution is -2.44. The maximum Gasteiger partial charge on any atom is 0.230 e. The maximum absolute atomic E-state index is 12.1. The molecule has 0 bridgehead atoms. The van der Waals surface area contributed by atoms with Crippen molar-refractivity contribution in [1.29, 1.82) is 0 Å². The Morgan fingerprint density at radius 2 is 2.33 bits per heavy atom. The quantitative estimate of drug-likeness (QED) is 0.805. The molecule has 1 saturated heterocycles. The Bertz CT molecular complexity index is 455. The summed E-state index contributed by atoms with van der Waals surface area (Å²) in [4.78, 5) is 18.6. The van der Waals surface area contributed by atoms with E-state index < -0.39 is 0 Å². The van der Waals surface area contributed by atoms with Crippen LogP contribution in [0.2, 0.25) is 0 Å². The van der Waals surface area contributed by atoms with Gasteiger partial charge in [0.2, 0.25) is 5.91 Å². The van der Waals surface area contributed by atoms with Crippen LogP contribution in [0, 0.1) is 0 Å². The molecule has 2 rings (SSSR count). The average Bonchev–Trinajstić information content (AvgIpc) is 2.89. The van der Waals surface area contributed by atoms with Crippen LogP contribution in [0.4, 0.5) is 0 Å². The Balaban J connectivity index is 1.81. The second kappa shape index (κ2) is 7.77. The zero-order chi connectivity index (χ0) is 15.2. The van der Waals surface area contributed by atoms with Crippen molar-refractivity contribution in [1.82, 2.24) is 15.2 Å². The standard InChI is InChI=1S/C15H23N3O2S/c1-11(2)18-8-12(13(9-18)20-3)17-14(19)10-21-15-6-4-5-7-16-15/h4-7,11-13H,8-10H2,1-3H3,(H,17,19)/t12-,13-/m0/s1. The van der Waals surface area contributed by atoms with Crippen molar-refractivity contribution in [3.63, 3.8) is 0 Å². The van der Waals surface area contributed by atoms with E-state index in [-0.39, 0.29) is 18.1 Å². The van der Waals surface area contributed by atoms with E-state index >= 15 is 0 Å². The molecular weight excluding hydrogens is 286 g/mol. The van der Waals surface area contributed by atoms with Gasteiger partial charge in [-0.2, -0.15) is 0 Å². The number of hydrogen-bond donors (Lipinski definition) is 1. The lowest BCUT2D eigenvalue weighted by atomic mass is 10.2. The molecule has 1 aliphatic rings. The summed E-state index contributed by atoms with van der Waals surface area (Å²) in [6.07, 6.45) is 1.80. The topological polar surface area (TPSA) is 54.5 Å². The van der Waals surface area contributed by atoms with Crippen LogP contribution in [0.1, 0.15) is 13.8 Å². The average molecular weight is 309 g/mol. The van der Waals surface area contributed by atoms with Crippen molar-refractivity contribution in [2.24, 2.45) is 0 Å². The first kappa shape index (κ1) is 16.3. The van der Waals surface area contributed by atoms with E-state index in [0.29, 0.717) is 11.8 Å². The lowest BCUT2D eigenvalue weighted by Gasteiger charge is -2.19. The molecular formula is C15H23N3O2S. The molecule has 0 saturated carbocycles. The Kier molecular flexibility index (Phi) is 6.02. The minimum absolute atomic E-state index is 0.0308. The fourth-order valence-electron chi connectivity index (χ4n) is 2.42. The monoisotopic (exact) mass is 309 g/mol. The van der Waals surface area contributed by atoms with Crippen molar-refractivity contribution >= 4 is 17.7 Å². The minimum Gasteiger partial charge on any atom is -0.378 e. The van der Waals surface area contributed by atoms with E-state index in [1.807, 2.05) is 18.2 Å². The van der Waals surface area contributed by atoms with Crippen LogP contribution < -0.4 is 5.32 Å². The third-order valence-corrected chi connectivity index (χ3v) is 4.61. The van der Waals surface area contributed by atoms with Gasteiger partial charge >= 0.3 is 0 Å². The molecule has 1 aliphatic heterocycles. The van der Waals surface area contributed by atoms with Crippen LogP contribution in [0.5, 0.6) is 0 Å². The summed E-state index contributed by atoms with van der Waals surface area (Å²) in [5.74, 6) is 0.411. The Labute approximate surface area is 130 Å². The van der Waals surface area contributed by atoms with Crippen molar-refractivity contribution < 1.29 is 9.53 Å². The Hall–Kier alpha value is -1.11. The van der Waals surface area contributed by atoms with Crippen LogP contribution in [-0.2, 0) is 9.53 Å². The van der Waals surface area contributed by atoms with Crippen LogP contribution in [-0.4, -0.2) is 59.9 Å². The number of thioether (sulfide) groups is 1. The van der Waals surface area contributed by atoms with Gasteiger partial charge in [-0.15, -0.1) is 0 Å². The third kappa shape index (κ3) is 4.69. The van der Waals surface area contributed by atoms with E-state index in [1.165, 1.54) is 11.8 Å². The van der Waals surface area contributed by atoms with Gasteiger partial charge in [-0.3, -0.25) is 9.69 Å². The zero-order valence-electron chi connectivity index (χ0n) is 12.8. The number of hydrogen-bond acceptors (Lipinski definition) is 5. The molecule has 21 heavy (non-hydrogen) atoms. The van der Waals surface area contributed by atoms with Gasteiger partial charge in [-0.1, -0.05) is 17.8 Å². The van der Waals surface area contributed by atoms with Gasteiger partial charge < -0.3 is 10.1 Å². The summed E-state index contributed by atoms with van der Waals surface area (Å²) in [5.41, 5.74) is 0. The highest BCUT2D eigenvalue weighted by Gasteiger charge is 2.34. The Morgan fingerprint density at radius 1 is 1.52 bits per heavy atom. The van der Waals surface area contributed by atoms with Crippen LogP contribution >= 0.6 is 11.8 Å². The van der Waals surface area contributed by atoms with Crippen molar-refractivity contribution in [3.05, 3.63) is 24.4 Å². The second-order valence-corrected chi connectivity index (χ2v) is 6.45. The van der Waals surface area contributed by atoms with E-state index in [9.17, 15) is 4.79 Å². The number of pyridine rings is 1. The number of rotatable bonds is 6. The fourth-order valence-corrected chi connectivity index (χ4v) is 3.10. The molecule has 2 atom stereocenters. The van der Waals surface area contributed by atoms with Gasteiger partial charge in [-0.05, 0) is 26.0 Å². The highest BCUT2D eigenvalue weighted by atomic mass is 32.2. The molecule has 1 N–H and O–H groups in total. The molecule has 0 spiro atoms. The molecule has 0 aromatic carbocycles. The van der Waals surface area contributed by atoms with Crippen LogP contribution in [0.15, 0.2) is 29.4 Å². The number of ether oxygens (including phenoxy) is 1. The number of carbonyl (C=O) groups excluding carboxylic acids is 1. The summed E-state index contributed by atoms with van der Waals surface area (Å²) in [6.45, 7) is 6.03. The van der Waals surface area contributed by atoms with Gasteiger partial charge in [0.1, 0.15) is 0 Å². The predicted molar refractivity (Wildman–Crippen MR) is 84.4 cm³/mol. The van der Waals surface area contributed by atoms with Crippen molar-refractivity contribution in [2.75, 3.05) is 26.0 Å². The smallest absolute Gasteiger partial charge is 0.230 e. The molecule has 1 amide bonds. The molecule has 1 fully saturated rings. The minimum atomic E-state index is 0.0308. The van der Waals surface area contributed by atoms with Crippen LogP contribution in [0.3, 0.4) is 0 Å². The summed E-state index contributed by atoms with van der Waals surface area (Å²) in [5, 5.41) is 3.95. The third-order valence-electron chi connectivity index (χ3n) is 3.66. The molecule has 116 valence electrons. The molecule has 6 heteroatoms. The van der Waals surface area contributed by atoms with E-state index in [0.717, 1.165) is 18.1 Å². The highest BCUT2D eigenvalue weighted by Crippen LogP contribution is 2.17. The zero-order valence-corrected chi connectivity index (χ0v) is 13.6. The number of nitrogens with one attached hydrogen (secondary N) is 1. The molecule has 0 unspecified atom stereocenters. The van der Waals surface area contributed by atoms with Crippen molar-refractivity contribution in [2.45, 2.75) is 37.1 Å². The van der Waals surface area contributed by atoms with Crippen molar-refractivity contribution in [3.8, 4) is 0 Å². The summed E-state index contributed by atoms with van der Waals surface area (Å²) in [7, 11) is 1.70. The number of carbonyl (C=O) groups is 1. The molecule has 0 aliphatic carbocycles. The van der Waals surface area contributed by atoms with Gasteiger partial charge in [-0.25, -0.2) is 4.98 Å². The normalized spacial score (nSPS) is 22.7. The maximum atomic E-state index is 12.1. The largest absolute Gasteiger partial charge is 0.378 e.